The van der Waals surface area contributed by atoms with Crippen LogP contribution in [0, 0.1) is 0 Å². The van der Waals surface area contributed by atoms with Crippen molar-refractivity contribution in [1.29, 1.82) is 0 Å². The average molecular weight is 446 g/mol. The van der Waals surface area contributed by atoms with Gasteiger partial charge in [-0.15, -0.1) is 9.78 Å². The fourth-order valence-electron chi connectivity index (χ4n) is 1.89. The van der Waals surface area contributed by atoms with Gasteiger partial charge in [0, 0.05) is 7.05 Å². The number of nitrogens with one attached hydrogen (secondary N) is 1. The molecule has 0 fully saturated rings. The van der Waals surface area contributed by atoms with E-state index in [1.165, 1.54) is 4.72 Å². The van der Waals surface area contributed by atoms with Crippen molar-refractivity contribution < 1.29 is 44.6 Å². The summed E-state index contributed by atoms with van der Waals surface area (Å²) in [4.78, 5) is 22.7. The van der Waals surface area contributed by atoms with E-state index < -0.39 is 44.7 Å². The van der Waals surface area contributed by atoms with Crippen molar-refractivity contribution in [2.24, 2.45) is 7.05 Å². The number of carbonyl (C=O) groups excluding carboxylic acids is 1. The van der Waals surface area contributed by atoms with Crippen LogP contribution in [0.1, 0.15) is 0 Å². The normalized spacial score (nSPS) is 12.5. The van der Waals surface area contributed by atoms with Gasteiger partial charge in [0.2, 0.25) is 0 Å². The van der Waals surface area contributed by atoms with Gasteiger partial charge in [-0.3, -0.25) is 0 Å². The molecule has 0 bridgehead atoms. The molecule has 10 nitrogen and oxygen atoms in total. The fraction of sp³-hybridized carbons (Fsp3) is 0.308. The first-order valence-electron chi connectivity index (χ1n) is 7.21. The molecule has 1 aromatic carbocycles. The third-order valence-corrected chi connectivity index (χ3v) is 4.60. The third-order valence-electron chi connectivity index (χ3n) is 3.24. The largest absolute Gasteiger partial charge is 0.499 e. The quantitative estimate of drug-likeness (QED) is 0.682. The highest BCUT2D eigenvalue weighted by atomic mass is 32.2. The van der Waals surface area contributed by atoms with Crippen molar-refractivity contribution in [1.82, 2.24) is 19.1 Å². The molecule has 160 valence electrons. The van der Waals surface area contributed by atoms with Crippen molar-refractivity contribution in [3.63, 3.8) is 0 Å². The molecule has 16 heteroatoms. The monoisotopic (exact) mass is 446 g/mol. The summed E-state index contributed by atoms with van der Waals surface area (Å²) in [7, 11) is -2.80. The van der Waals surface area contributed by atoms with Gasteiger partial charge in [-0.1, -0.05) is 12.1 Å². The Labute approximate surface area is 158 Å². The lowest BCUT2D eigenvalue weighted by molar-refractivity contribution is -0.361. The first-order chi connectivity index (χ1) is 13.2. The predicted molar refractivity (Wildman–Crippen MR) is 83.2 cm³/mol. The third kappa shape index (κ3) is 4.30. The molecule has 1 amide bonds. The Morgan fingerprint density at radius 3 is 2.28 bits per heavy atom. The number of nitrogens with zero attached hydrogens (tertiary/aromatic N) is 3. The van der Waals surface area contributed by atoms with E-state index in [0.717, 1.165) is 30.9 Å². The van der Waals surface area contributed by atoms with Gasteiger partial charge in [0.25, 0.3) is 10.0 Å². The molecule has 0 aliphatic carbocycles. The van der Waals surface area contributed by atoms with Gasteiger partial charge in [0.1, 0.15) is 10.6 Å². The van der Waals surface area contributed by atoms with Gasteiger partial charge >= 0.3 is 30.0 Å². The molecule has 0 radical (unpaired) electrons. The Hall–Kier alpha value is -3.17. The number of aromatic nitrogens is 3. The zero-order valence-electron chi connectivity index (χ0n) is 14.4. The maximum atomic E-state index is 13.1. The van der Waals surface area contributed by atoms with Crippen LogP contribution in [-0.4, -0.2) is 48.2 Å². The number of hydrogen-bond acceptors (Lipinski definition) is 7. The number of alkyl halides is 5. The van der Waals surface area contributed by atoms with Gasteiger partial charge < -0.3 is 9.47 Å². The molecule has 0 aliphatic heterocycles. The van der Waals surface area contributed by atoms with Crippen LogP contribution in [0.5, 0.6) is 11.8 Å². The Kier molecular flexibility index (Phi) is 5.60. The van der Waals surface area contributed by atoms with Gasteiger partial charge in [-0.25, -0.2) is 27.3 Å². The lowest BCUT2D eigenvalue weighted by Gasteiger charge is -2.21. The van der Waals surface area contributed by atoms with Crippen molar-refractivity contribution in [2.45, 2.75) is 17.2 Å². The van der Waals surface area contributed by atoms with Crippen LogP contribution >= 0.6 is 0 Å². The number of benzene rings is 1. The predicted octanol–water partition coefficient (Wildman–Crippen LogP) is 1.07. The number of methoxy groups -OCH3 is 1. The Balaban J connectivity index is 2.40. The van der Waals surface area contributed by atoms with Crippen molar-refractivity contribution in [2.75, 3.05) is 7.11 Å². The maximum Gasteiger partial charge on any atom is 0.499 e. The molecule has 2 aromatic rings. The molecular weight excluding hydrogens is 435 g/mol. The van der Waals surface area contributed by atoms with Crippen LogP contribution < -0.4 is 19.9 Å². The summed E-state index contributed by atoms with van der Waals surface area (Å²) in [5, 5.41) is 3.39. The summed E-state index contributed by atoms with van der Waals surface area (Å²) in [6.07, 6.45) is -11.8. The second-order valence-corrected chi connectivity index (χ2v) is 6.86. The minimum Gasteiger partial charge on any atom is -0.467 e. The molecule has 1 heterocycles. The number of halogens is 5. The van der Waals surface area contributed by atoms with Crippen molar-refractivity contribution in [3.05, 3.63) is 34.7 Å². The number of carbonyl (C=O) groups is 1. The van der Waals surface area contributed by atoms with Crippen LogP contribution in [-0.2, 0) is 17.1 Å². The smallest absolute Gasteiger partial charge is 0.467 e. The highest BCUT2D eigenvalue weighted by molar-refractivity contribution is 7.90. The number of ether oxygens (including phenoxy) is 2. The molecule has 1 N–H and O–H groups in total. The zero-order valence-corrected chi connectivity index (χ0v) is 15.2. The summed E-state index contributed by atoms with van der Waals surface area (Å²) in [6.45, 7) is 0. The second kappa shape index (κ2) is 7.34. The maximum absolute atomic E-state index is 13.1. The van der Waals surface area contributed by atoms with Crippen LogP contribution in [0.3, 0.4) is 0 Å². The summed E-state index contributed by atoms with van der Waals surface area (Å²) in [5.74, 6) is -1.39. The number of sulfonamides is 1. The molecule has 0 saturated heterocycles. The lowest BCUT2D eigenvalue weighted by atomic mass is 10.3. The number of amides is 1. The standard InChI is InChI=1S/C13H11F5N4O6S/c1-21-10(27-2)19-22(11(21)24)9(23)20-29(25,26)8-6-4-3-5-7(8)28-13(17,18)12(14,15)16/h3-6H,1-2H3,(H,20,23). The highest BCUT2D eigenvalue weighted by Gasteiger charge is 2.61. The van der Waals surface area contributed by atoms with E-state index in [1.807, 2.05) is 0 Å². The minimum atomic E-state index is -6.13. The Bertz CT molecular complexity index is 1090. The molecule has 0 spiro atoms. The van der Waals surface area contributed by atoms with E-state index in [9.17, 15) is 40.0 Å². The molecule has 0 unspecified atom stereocenters. The van der Waals surface area contributed by atoms with Gasteiger partial charge in [-0.05, 0) is 12.1 Å². The molecule has 0 atom stereocenters. The molecule has 2 rings (SSSR count). The van der Waals surface area contributed by atoms with E-state index >= 15 is 0 Å². The molecule has 0 saturated carbocycles. The first-order valence-corrected chi connectivity index (χ1v) is 8.69. The highest BCUT2D eigenvalue weighted by Crippen LogP contribution is 2.39. The lowest BCUT2D eigenvalue weighted by Crippen LogP contribution is -2.43. The van der Waals surface area contributed by atoms with Crippen molar-refractivity contribution in [3.8, 4) is 11.8 Å². The number of rotatable bonds is 5. The summed E-state index contributed by atoms with van der Waals surface area (Å²) in [5.41, 5.74) is -1.12. The van der Waals surface area contributed by atoms with E-state index in [0.29, 0.717) is 12.1 Å². The molecular formula is C13H11F5N4O6S. The minimum absolute atomic E-state index is 0.0458. The average Bonchev–Trinajstić information content (AvgIpc) is 2.88. The topological polar surface area (TPSA) is 122 Å². The summed E-state index contributed by atoms with van der Waals surface area (Å²) in [6, 6.07) is 1.03. The molecule has 1 aromatic heterocycles. The zero-order chi connectivity index (χ0) is 22.2. The van der Waals surface area contributed by atoms with Gasteiger partial charge in [0.05, 0.1) is 7.11 Å². The van der Waals surface area contributed by atoms with Crippen LogP contribution in [0.25, 0.3) is 0 Å². The van der Waals surface area contributed by atoms with E-state index in [4.69, 9.17) is 0 Å². The van der Waals surface area contributed by atoms with Gasteiger partial charge in [-0.2, -0.15) is 22.0 Å². The Morgan fingerprint density at radius 2 is 1.76 bits per heavy atom. The fourth-order valence-corrected chi connectivity index (χ4v) is 2.95. The second-order valence-electron chi connectivity index (χ2n) is 5.21. The van der Waals surface area contributed by atoms with E-state index in [-0.39, 0.29) is 10.7 Å². The van der Waals surface area contributed by atoms with Crippen LogP contribution in [0.2, 0.25) is 0 Å². The summed E-state index contributed by atoms with van der Waals surface area (Å²) >= 11 is 0. The Morgan fingerprint density at radius 1 is 1.17 bits per heavy atom. The number of hydrogen-bond donors (Lipinski definition) is 1. The SMILES string of the molecule is COc1nn(C(=O)NS(=O)(=O)c2ccccc2OC(F)(F)C(F)(F)F)c(=O)n1C. The number of para-hydroxylation sites is 1. The van der Waals surface area contributed by atoms with E-state index in [2.05, 4.69) is 14.6 Å². The molecule has 29 heavy (non-hydrogen) atoms. The first kappa shape index (κ1) is 22.1. The van der Waals surface area contributed by atoms with Gasteiger partial charge in [0.15, 0.2) is 0 Å². The van der Waals surface area contributed by atoms with Crippen molar-refractivity contribution >= 4 is 16.1 Å². The molecule has 0 aliphatic rings. The van der Waals surface area contributed by atoms with Crippen LogP contribution in [0.4, 0.5) is 26.7 Å². The van der Waals surface area contributed by atoms with Crippen LogP contribution in [0.15, 0.2) is 34.0 Å². The van der Waals surface area contributed by atoms with E-state index in [1.54, 1.807) is 0 Å². The summed E-state index contributed by atoms with van der Waals surface area (Å²) < 4.78 is 98.3.